The molecule has 0 aliphatic carbocycles. The molecule has 0 radical (unpaired) electrons. The molecular weight excluding hydrogens is 403 g/mol. The molecule has 0 saturated carbocycles. The van der Waals surface area contributed by atoms with Crippen LogP contribution in [0, 0.1) is 12.8 Å². The largest absolute Gasteiger partial charge is 0.434 e. The average molecular weight is 427 g/mol. The fourth-order valence-corrected chi connectivity index (χ4v) is 2.92. The van der Waals surface area contributed by atoms with E-state index in [1.165, 1.54) is 28.8 Å². The van der Waals surface area contributed by atoms with Gasteiger partial charge in [0.2, 0.25) is 0 Å². The van der Waals surface area contributed by atoms with Gasteiger partial charge in [0.1, 0.15) is 5.82 Å². The summed E-state index contributed by atoms with van der Waals surface area (Å²) in [5.41, 5.74) is -0.571. The highest BCUT2D eigenvalue weighted by Crippen LogP contribution is 2.31. The van der Waals surface area contributed by atoms with Gasteiger partial charge in [0.25, 0.3) is 0 Å². The molecule has 158 valence electrons. The van der Waals surface area contributed by atoms with E-state index >= 15 is 0 Å². The number of nitrogens with zero attached hydrogens (tertiary/aromatic N) is 3. The van der Waals surface area contributed by atoms with Crippen molar-refractivity contribution in [3.05, 3.63) is 54.1 Å². The lowest BCUT2D eigenvalue weighted by atomic mass is 10.1. The summed E-state index contributed by atoms with van der Waals surface area (Å²) in [5, 5.41) is 0. The monoisotopic (exact) mass is 427 g/mol. The van der Waals surface area contributed by atoms with Crippen LogP contribution in [0.15, 0.2) is 52.5 Å². The third kappa shape index (κ3) is 7.58. The Labute approximate surface area is 169 Å². The Morgan fingerprint density at radius 2 is 1.72 bits per heavy atom. The van der Waals surface area contributed by atoms with Gasteiger partial charge >= 0.3 is 6.18 Å². The second-order valence-electron chi connectivity index (χ2n) is 5.75. The molecule has 1 atom stereocenters. The van der Waals surface area contributed by atoms with Crippen LogP contribution in [0.5, 0.6) is 0 Å². The molecule has 0 saturated heterocycles. The number of alkyl halides is 3. The standard InChI is InChI=1S/C16H17F3N2O2S.C2H5N.C2H2/c1-4-5-11(2)15-20-14(16(17,18)19)10-21(15)12-6-8-13(9-7-12)24(3,22)23;1-3-2;1-2/h4-11H,1-3H3;1H2,2H3;1-2H/b5-4-;;. The average Bonchev–Trinajstić information content (AvgIpc) is 3.10. The van der Waals surface area contributed by atoms with Crippen LogP contribution in [0.2, 0.25) is 0 Å². The van der Waals surface area contributed by atoms with Crippen molar-refractivity contribution >= 4 is 16.6 Å². The van der Waals surface area contributed by atoms with Crippen molar-refractivity contribution in [2.24, 2.45) is 4.99 Å². The molecule has 0 aliphatic rings. The van der Waals surface area contributed by atoms with Crippen molar-refractivity contribution in [1.29, 1.82) is 0 Å². The van der Waals surface area contributed by atoms with Crippen molar-refractivity contribution in [3.8, 4) is 18.5 Å². The minimum atomic E-state index is -4.55. The highest BCUT2D eigenvalue weighted by atomic mass is 32.2. The number of imidazole rings is 1. The fraction of sp³-hybridized carbons (Fsp3) is 0.300. The van der Waals surface area contributed by atoms with E-state index in [1.807, 2.05) is 0 Å². The maximum absolute atomic E-state index is 13.0. The fourth-order valence-electron chi connectivity index (χ4n) is 2.29. The Morgan fingerprint density at radius 3 is 2.10 bits per heavy atom. The van der Waals surface area contributed by atoms with Gasteiger partial charge in [0, 0.05) is 31.1 Å². The maximum atomic E-state index is 13.0. The lowest BCUT2D eigenvalue weighted by molar-refractivity contribution is -0.141. The van der Waals surface area contributed by atoms with Gasteiger partial charge in [0.15, 0.2) is 15.5 Å². The maximum Gasteiger partial charge on any atom is 0.434 e. The molecule has 29 heavy (non-hydrogen) atoms. The number of aliphatic imine (C=N–C) groups is 1. The first-order valence-electron chi connectivity index (χ1n) is 8.23. The summed E-state index contributed by atoms with van der Waals surface area (Å²) in [6.45, 7) is 6.62. The lowest BCUT2D eigenvalue weighted by Crippen LogP contribution is -2.05. The van der Waals surface area contributed by atoms with E-state index in [0.717, 1.165) is 12.5 Å². The van der Waals surface area contributed by atoms with E-state index in [9.17, 15) is 21.6 Å². The van der Waals surface area contributed by atoms with Gasteiger partial charge in [-0.3, -0.25) is 0 Å². The predicted molar refractivity (Wildman–Crippen MR) is 110 cm³/mol. The van der Waals surface area contributed by atoms with Crippen molar-refractivity contribution in [2.75, 3.05) is 13.3 Å². The van der Waals surface area contributed by atoms with Crippen LogP contribution in [0.3, 0.4) is 0 Å². The number of sulfone groups is 1. The van der Waals surface area contributed by atoms with Gasteiger partial charge < -0.3 is 9.56 Å². The molecule has 5 nitrogen and oxygen atoms in total. The van der Waals surface area contributed by atoms with E-state index in [0.29, 0.717) is 5.69 Å². The number of hydrogen-bond donors (Lipinski definition) is 0. The molecule has 0 N–H and O–H groups in total. The Kier molecular flexibility index (Phi) is 10.1. The van der Waals surface area contributed by atoms with Gasteiger partial charge in [-0.05, 0) is 37.9 Å². The zero-order valence-corrected chi connectivity index (χ0v) is 17.5. The first-order chi connectivity index (χ1) is 13.5. The molecule has 2 rings (SSSR count). The van der Waals surface area contributed by atoms with Crippen LogP contribution in [0.4, 0.5) is 13.2 Å². The number of hydrogen-bond acceptors (Lipinski definition) is 4. The minimum absolute atomic E-state index is 0.102. The zero-order chi connectivity index (χ0) is 22.8. The molecule has 1 unspecified atom stereocenters. The number of aromatic nitrogens is 2. The summed E-state index contributed by atoms with van der Waals surface area (Å²) in [6.07, 6.45) is 8.92. The molecule has 0 aliphatic heterocycles. The Hall–Kier alpha value is -2.86. The number of terminal acetylenes is 1. The summed E-state index contributed by atoms with van der Waals surface area (Å²) in [6, 6.07) is 5.65. The topological polar surface area (TPSA) is 64.3 Å². The first-order valence-corrected chi connectivity index (χ1v) is 10.1. The Morgan fingerprint density at radius 1 is 1.24 bits per heavy atom. The minimum Gasteiger partial charge on any atom is -0.304 e. The summed E-state index contributed by atoms with van der Waals surface area (Å²) in [5.74, 6) is -0.104. The quantitative estimate of drug-likeness (QED) is 0.409. The second kappa shape index (κ2) is 11.2. The number of rotatable bonds is 4. The van der Waals surface area contributed by atoms with E-state index in [-0.39, 0.29) is 16.6 Å². The Bertz CT molecular complexity index is 942. The molecule has 0 spiro atoms. The van der Waals surface area contributed by atoms with Gasteiger partial charge in [-0.2, -0.15) is 13.2 Å². The van der Waals surface area contributed by atoms with E-state index < -0.39 is 21.7 Å². The SMILES string of the molecule is C#C.C/C=C\C(C)c1nc(C(F)(F)F)cn1-c1ccc(S(C)(=O)=O)cc1.C=NC. The number of benzene rings is 1. The Balaban J connectivity index is 0.00000143. The molecule has 1 heterocycles. The van der Waals surface area contributed by atoms with Crippen molar-refractivity contribution in [3.63, 3.8) is 0 Å². The normalized spacial score (nSPS) is 12.3. The van der Waals surface area contributed by atoms with Gasteiger partial charge in [-0.25, -0.2) is 13.4 Å². The molecule has 1 aromatic heterocycles. The van der Waals surface area contributed by atoms with Crippen LogP contribution in [0.1, 0.15) is 31.3 Å². The molecule has 0 amide bonds. The third-order valence-electron chi connectivity index (χ3n) is 3.46. The lowest BCUT2D eigenvalue weighted by Gasteiger charge is -2.11. The van der Waals surface area contributed by atoms with E-state index in [2.05, 4.69) is 29.5 Å². The van der Waals surface area contributed by atoms with Crippen molar-refractivity contribution in [1.82, 2.24) is 9.55 Å². The summed E-state index contributed by atoms with van der Waals surface area (Å²) >= 11 is 0. The van der Waals surface area contributed by atoms with E-state index in [4.69, 9.17) is 0 Å². The zero-order valence-electron chi connectivity index (χ0n) is 16.7. The van der Waals surface area contributed by atoms with Gasteiger partial charge in [-0.15, -0.1) is 12.8 Å². The van der Waals surface area contributed by atoms with Crippen LogP contribution in [-0.4, -0.2) is 38.0 Å². The number of allylic oxidation sites excluding steroid dienone is 2. The summed E-state index contributed by atoms with van der Waals surface area (Å²) in [4.78, 5) is 7.07. The van der Waals surface area contributed by atoms with Gasteiger partial charge in [0.05, 0.1) is 4.90 Å². The highest BCUT2D eigenvalue weighted by molar-refractivity contribution is 7.90. The second-order valence-corrected chi connectivity index (χ2v) is 7.76. The molecule has 1 aromatic carbocycles. The predicted octanol–water partition coefficient (Wildman–Crippen LogP) is 4.54. The van der Waals surface area contributed by atoms with Crippen LogP contribution >= 0.6 is 0 Å². The number of halogens is 3. The summed E-state index contributed by atoms with van der Waals surface area (Å²) in [7, 11) is -1.73. The highest BCUT2D eigenvalue weighted by Gasteiger charge is 2.35. The molecule has 0 bridgehead atoms. The summed E-state index contributed by atoms with van der Waals surface area (Å²) < 4.78 is 63.3. The van der Waals surface area contributed by atoms with Crippen molar-refractivity contribution in [2.45, 2.75) is 30.8 Å². The van der Waals surface area contributed by atoms with Crippen LogP contribution < -0.4 is 0 Å². The van der Waals surface area contributed by atoms with Gasteiger partial charge in [-0.1, -0.05) is 19.1 Å². The third-order valence-corrected chi connectivity index (χ3v) is 4.58. The van der Waals surface area contributed by atoms with Crippen molar-refractivity contribution < 1.29 is 21.6 Å². The van der Waals surface area contributed by atoms with Crippen LogP contribution in [-0.2, 0) is 16.0 Å². The first kappa shape index (κ1) is 26.1. The molecular formula is C20H24F3N3O2S. The smallest absolute Gasteiger partial charge is 0.304 e. The molecule has 0 fully saturated rings. The molecule has 2 aromatic rings. The molecule has 9 heteroatoms. The van der Waals surface area contributed by atoms with E-state index in [1.54, 1.807) is 33.0 Å². The van der Waals surface area contributed by atoms with Crippen LogP contribution in [0.25, 0.3) is 5.69 Å².